The third-order valence-electron chi connectivity index (χ3n) is 5.55. The molecule has 0 spiro atoms. The summed E-state index contributed by atoms with van der Waals surface area (Å²) in [5, 5.41) is 7.89. The number of amides is 2. The molecule has 32 heavy (non-hydrogen) atoms. The van der Waals surface area contributed by atoms with Crippen molar-refractivity contribution in [2.45, 2.75) is 13.0 Å². The molecular weight excluding hydrogens is 426 g/mol. The number of halogens is 1. The third kappa shape index (κ3) is 5.75. The standard InChI is InChI=1S/C24H26ClN5O2/c25-21-9-5-4-8-20(21)16-24(32)29-14-12-28(13-15-29)18-23(31)27-22-10-11-26-30(22)17-19-6-2-1-3-7-19/h1-11H,12-18H2,(H,27,31). The van der Waals surface area contributed by atoms with Gasteiger partial charge in [0.15, 0.2) is 0 Å². The molecule has 1 fully saturated rings. The minimum absolute atomic E-state index is 0.0621. The largest absolute Gasteiger partial charge is 0.340 e. The fourth-order valence-corrected chi connectivity index (χ4v) is 3.98. The number of nitrogens with zero attached hydrogens (tertiary/aromatic N) is 4. The van der Waals surface area contributed by atoms with Crippen LogP contribution in [0.2, 0.25) is 5.02 Å². The minimum atomic E-state index is -0.0874. The number of benzene rings is 2. The molecular formula is C24H26ClN5O2. The summed E-state index contributed by atoms with van der Waals surface area (Å²) in [6, 6.07) is 19.2. The zero-order valence-electron chi connectivity index (χ0n) is 17.8. The number of carbonyl (C=O) groups excluding carboxylic acids is 2. The summed E-state index contributed by atoms with van der Waals surface area (Å²) in [5.74, 6) is 0.648. The van der Waals surface area contributed by atoms with Crippen LogP contribution in [0.25, 0.3) is 0 Å². The van der Waals surface area contributed by atoms with Crippen molar-refractivity contribution in [2.75, 3.05) is 38.0 Å². The van der Waals surface area contributed by atoms with Gasteiger partial charge in [-0.1, -0.05) is 60.1 Å². The van der Waals surface area contributed by atoms with Gasteiger partial charge in [-0.25, -0.2) is 4.68 Å². The summed E-state index contributed by atoms with van der Waals surface area (Å²) in [6.45, 7) is 3.39. The highest BCUT2D eigenvalue weighted by atomic mass is 35.5. The number of hydrogen-bond acceptors (Lipinski definition) is 4. The van der Waals surface area contributed by atoms with E-state index < -0.39 is 0 Å². The second kappa shape index (κ2) is 10.4. The zero-order chi connectivity index (χ0) is 22.3. The molecule has 0 saturated carbocycles. The second-order valence-corrected chi connectivity index (χ2v) is 8.24. The molecule has 7 nitrogen and oxygen atoms in total. The van der Waals surface area contributed by atoms with Gasteiger partial charge in [-0.3, -0.25) is 14.5 Å². The van der Waals surface area contributed by atoms with Gasteiger partial charge in [0.2, 0.25) is 11.8 Å². The molecule has 1 N–H and O–H groups in total. The van der Waals surface area contributed by atoms with Crippen LogP contribution in [0.5, 0.6) is 0 Å². The Kier molecular flexibility index (Phi) is 7.19. The minimum Gasteiger partial charge on any atom is -0.340 e. The van der Waals surface area contributed by atoms with Gasteiger partial charge in [-0.15, -0.1) is 0 Å². The van der Waals surface area contributed by atoms with E-state index in [2.05, 4.69) is 15.3 Å². The van der Waals surface area contributed by atoms with Crippen LogP contribution in [0.4, 0.5) is 5.82 Å². The van der Waals surface area contributed by atoms with Gasteiger partial charge >= 0.3 is 0 Å². The van der Waals surface area contributed by atoms with E-state index in [1.54, 1.807) is 23.0 Å². The topological polar surface area (TPSA) is 70.5 Å². The average Bonchev–Trinajstić information content (AvgIpc) is 3.22. The van der Waals surface area contributed by atoms with Crippen LogP contribution in [0.15, 0.2) is 66.9 Å². The van der Waals surface area contributed by atoms with Gasteiger partial charge < -0.3 is 10.2 Å². The number of aromatic nitrogens is 2. The first-order chi connectivity index (χ1) is 15.6. The average molecular weight is 452 g/mol. The van der Waals surface area contributed by atoms with Crippen LogP contribution < -0.4 is 5.32 Å². The summed E-state index contributed by atoms with van der Waals surface area (Å²) in [7, 11) is 0. The van der Waals surface area contributed by atoms with E-state index in [-0.39, 0.29) is 18.4 Å². The van der Waals surface area contributed by atoms with E-state index in [0.717, 1.165) is 11.1 Å². The Balaban J connectivity index is 1.24. The summed E-state index contributed by atoms with van der Waals surface area (Å²) >= 11 is 6.17. The Morgan fingerprint density at radius 2 is 1.66 bits per heavy atom. The van der Waals surface area contributed by atoms with Crippen LogP contribution in [-0.2, 0) is 22.6 Å². The highest BCUT2D eigenvalue weighted by molar-refractivity contribution is 6.31. The van der Waals surface area contributed by atoms with Gasteiger partial charge in [0.25, 0.3) is 0 Å². The molecule has 2 heterocycles. The molecule has 166 valence electrons. The van der Waals surface area contributed by atoms with Crippen molar-refractivity contribution in [1.29, 1.82) is 0 Å². The predicted molar refractivity (Wildman–Crippen MR) is 125 cm³/mol. The van der Waals surface area contributed by atoms with Crippen LogP contribution in [-0.4, -0.2) is 64.1 Å². The third-order valence-corrected chi connectivity index (χ3v) is 5.92. The Morgan fingerprint density at radius 1 is 0.938 bits per heavy atom. The van der Waals surface area contributed by atoms with Crippen molar-refractivity contribution in [2.24, 2.45) is 0 Å². The Bertz CT molecular complexity index is 1060. The summed E-state index contributed by atoms with van der Waals surface area (Å²) in [6.07, 6.45) is 1.98. The molecule has 4 rings (SSSR count). The van der Waals surface area contributed by atoms with E-state index >= 15 is 0 Å². The number of nitrogens with one attached hydrogen (secondary N) is 1. The molecule has 1 saturated heterocycles. The lowest BCUT2D eigenvalue weighted by Gasteiger charge is -2.34. The SMILES string of the molecule is O=C(CN1CCN(C(=O)Cc2ccccc2Cl)CC1)Nc1ccnn1Cc1ccccc1. The van der Waals surface area contributed by atoms with Crippen molar-refractivity contribution in [3.05, 3.63) is 83.0 Å². The first kappa shape index (κ1) is 22.0. The van der Waals surface area contributed by atoms with Gasteiger partial charge in [0.1, 0.15) is 5.82 Å². The summed E-state index contributed by atoms with van der Waals surface area (Å²) in [4.78, 5) is 29.1. The van der Waals surface area contributed by atoms with Gasteiger partial charge in [-0.05, 0) is 17.2 Å². The zero-order valence-corrected chi connectivity index (χ0v) is 18.5. The molecule has 0 atom stereocenters. The molecule has 2 aromatic carbocycles. The van der Waals surface area contributed by atoms with E-state index in [1.807, 2.05) is 53.4 Å². The molecule has 3 aromatic rings. The smallest absolute Gasteiger partial charge is 0.239 e. The Labute approximate surface area is 192 Å². The molecule has 8 heteroatoms. The maximum Gasteiger partial charge on any atom is 0.239 e. The molecule has 2 amide bonds. The van der Waals surface area contributed by atoms with E-state index in [9.17, 15) is 9.59 Å². The van der Waals surface area contributed by atoms with E-state index in [0.29, 0.717) is 50.0 Å². The molecule has 0 unspecified atom stereocenters. The maximum absolute atomic E-state index is 12.6. The lowest BCUT2D eigenvalue weighted by Crippen LogP contribution is -2.50. The van der Waals surface area contributed by atoms with Crippen molar-refractivity contribution < 1.29 is 9.59 Å². The predicted octanol–water partition coefficient (Wildman–Crippen LogP) is 2.91. The van der Waals surface area contributed by atoms with Crippen molar-refractivity contribution in [3.8, 4) is 0 Å². The highest BCUT2D eigenvalue weighted by Gasteiger charge is 2.23. The molecule has 0 bridgehead atoms. The Morgan fingerprint density at radius 3 is 2.41 bits per heavy atom. The molecule has 1 aromatic heterocycles. The number of carbonyl (C=O) groups is 2. The lowest BCUT2D eigenvalue weighted by atomic mass is 10.1. The van der Waals surface area contributed by atoms with Gasteiger partial charge in [0.05, 0.1) is 25.7 Å². The fraction of sp³-hybridized carbons (Fsp3) is 0.292. The van der Waals surface area contributed by atoms with Crippen molar-refractivity contribution in [3.63, 3.8) is 0 Å². The Hall–Kier alpha value is -3.16. The quantitative estimate of drug-likeness (QED) is 0.599. The summed E-state index contributed by atoms with van der Waals surface area (Å²) < 4.78 is 1.78. The number of rotatable bonds is 7. The van der Waals surface area contributed by atoms with Crippen LogP contribution in [0.1, 0.15) is 11.1 Å². The molecule has 0 aliphatic carbocycles. The second-order valence-electron chi connectivity index (χ2n) is 7.83. The molecule has 1 aliphatic rings. The first-order valence-corrected chi connectivity index (χ1v) is 11.1. The van der Waals surface area contributed by atoms with Crippen LogP contribution in [0, 0.1) is 0 Å². The van der Waals surface area contributed by atoms with Gasteiger partial charge in [0, 0.05) is 37.3 Å². The number of piperazine rings is 1. The van der Waals surface area contributed by atoms with Gasteiger partial charge in [-0.2, -0.15) is 5.10 Å². The monoisotopic (exact) mass is 451 g/mol. The van der Waals surface area contributed by atoms with Crippen LogP contribution >= 0.6 is 11.6 Å². The fourth-order valence-electron chi connectivity index (χ4n) is 3.78. The van der Waals surface area contributed by atoms with E-state index in [1.165, 1.54) is 0 Å². The lowest BCUT2D eigenvalue weighted by molar-refractivity contribution is -0.132. The molecule has 1 aliphatic heterocycles. The maximum atomic E-state index is 12.6. The normalized spacial score (nSPS) is 14.3. The van der Waals surface area contributed by atoms with Crippen molar-refractivity contribution in [1.82, 2.24) is 19.6 Å². The van der Waals surface area contributed by atoms with E-state index in [4.69, 9.17) is 11.6 Å². The first-order valence-electron chi connectivity index (χ1n) is 10.7. The summed E-state index contributed by atoms with van der Waals surface area (Å²) in [5.41, 5.74) is 1.96. The number of hydrogen-bond donors (Lipinski definition) is 1. The molecule has 0 radical (unpaired) electrons. The number of anilines is 1. The highest BCUT2D eigenvalue weighted by Crippen LogP contribution is 2.17. The van der Waals surface area contributed by atoms with Crippen LogP contribution in [0.3, 0.4) is 0 Å². The van der Waals surface area contributed by atoms with Crippen molar-refractivity contribution >= 4 is 29.2 Å².